The molecule has 0 aromatic heterocycles. The van der Waals surface area contributed by atoms with Gasteiger partial charge in [-0.25, -0.2) is 0 Å². The third-order valence-corrected chi connectivity index (χ3v) is 7.91. The summed E-state index contributed by atoms with van der Waals surface area (Å²) in [6, 6.07) is 11.5. The number of likely N-dealkylation sites (tertiary alicyclic amines) is 1. The van der Waals surface area contributed by atoms with E-state index in [1.54, 1.807) is 42.5 Å². The molecular formula is C25H24ClN3O5. The smallest absolute Gasteiger partial charge is 0.250 e. The van der Waals surface area contributed by atoms with Crippen LogP contribution in [-0.2, 0) is 31.1 Å². The number of anilines is 1. The van der Waals surface area contributed by atoms with Gasteiger partial charge in [0.05, 0.1) is 35.2 Å². The fourth-order valence-corrected chi connectivity index (χ4v) is 6.31. The Kier molecular flexibility index (Phi) is 4.95. The molecule has 4 aliphatic rings. The predicted molar refractivity (Wildman–Crippen MR) is 123 cm³/mol. The molecule has 3 saturated heterocycles. The summed E-state index contributed by atoms with van der Waals surface area (Å²) >= 11 is 6.38. The van der Waals surface area contributed by atoms with Crippen molar-refractivity contribution in [2.75, 3.05) is 18.5 Å². The number of rotatable bonds is 4. The van der Waals surface area contributed by atoms with E-state index < -0.39 is 23.4 Å². The van der Waals surface area contributed by atoms with Gasteiger partial charge in [-0.2, -0.15) is 0 Å². The largest absolute Gasteiger partial charge is 0.508 e. The van der Waals surface area contributed by atoms with Gasteiger partial charge >= 0.3 is 0 Å². The Hall–Kier alpha value is -2.94. The average Bonchev–Trinajstić information content (AvgIpc) is 3.56. The van der Waals surface area contributed by atoms with E-state index in [0.717, 1.165) is 18.4 Å². The van der Waals surface area contributed by atoms with Crippen molar-refractivity contribution < 1.29 is 24.2 Å². The lowest BCUT2D eigenvalue weighted by Gasteiger charge is -2.30. The number of ether oxygens (including phenoxy) is 1. The highest BCUT2D eigenvalue weighted by Crippen LogP contribution is 2.54. The molecule has 3 amide bonds. The average molecular weight is 482 g/mol. The molecule has 34 heavy (non-hydrogen) atoms. The van der Waals surface area contributed by atoms with Crippen molar-refractivity contribution in [2.24, 2.45) is 11.8 Å². The number of fused-ring (bicyclic) bond motifs is 4. The first-order valence-corrected chi connectivity index (χ1v) is 11.9. The molecule has 0 bridgehead atoms. The summed E-state index contributed by atoms with van der Waals surface area (Å²) in [5.74, 6) is -2.46. The first-order valence-electron chi connectivity index (χ1n) is 11.5. The molecule has 9 heteroatoms. The van der Waals surface area contributed by atoms with Crippen LogP contribution >= 0.6 is 11.6 Å². The first-order chi connectivity index (χ1) is 16.4. The van der Waals surface area contributed by atoms with E-state index in [0.29, 0.717) is 29.3 Å². The zero-order valence-electron chi connectivity index (χ0n) is 18.3. The second-order valence-corrected chi connectivity index (χ2v) is 9.88. The predicted octanol–water partition coefficient (Wildman–Crippen LogP) is 2.19. The number of hydrogen-bond acceptors (Lipinski definition) is 6. The van der Waals surface area contributed by atoms with Crippen LogP contribution in [0.3, 0.4) is 0 Å². The summed E-state index contributed by atoms with van der Waals surface area (Å²) in [6.45, 7) is 0.827. The van der Waals surface area contributed by atoms with Gasteiger partial charge in [0.2, 0.25) is 17.7 Å². The van der Waals surface area contributed by atoms with E-state index in [2.05, 4.69) is 10.6 Å². The SMILES string of the molecule is O=C1[C@@H]2[C@H](Cc3ccc(O)cc3)N[C@]3(C(=O)Nc4c(Cl)cccc43)[C@H]2C(=O)N1C[C@@H]1CCCO1. The number of phenolic OH excluding ortho intramolecular Hbond substituents is 1. The molecule has 8 nitrogen and oxygen atoms in total. The molecule has 3 N–H and O–H groups in total. The second-order valence-electron chi connectivity index (χ2n) is 9.47. The Morgan fingerprint density at radius 1 is 1.12 bits per heavy atom. The third-order valence-electron chi connectivity index (χ3n) is 7.59. The van der Waals surface area contributed by atoms with Gasteiger partial charge in [-0.3, -0.25) is 24.6 Å². The minimum atomic E-state index is -1.38. The number of nitrogens with one attached hydrogen (secondary N) is 2. The highest BCUT2D eigenvalue weighted by molar-refractivity contribution is 6.35. The van der Waals surface area contributed by atoms with Crippen molar-refractivity contribution in [2.45, 2.75) is 36.9 Å². The zero-order valence-corrected chi connectivity index (χ0v) is 19.0. The van der Waals surface area contributed by atoms with Crippen LogP contribution in [0.1, 0.15) is 24.0 Å². The number of aromatic hydroxyl groups is 1. The Morgan fingerprint density at radius 2 is 1.91 bits per heavy atom. The molecule has 176 valence electrons. The van der Waals surface area contributed by atoms with E-state index in [-0.39, 0.29) is 36.1 Å². The van der Waals surface area contributed by atoms with Crippen LogP contribution in [0.15, 0.2) is 42.5 Å². The van der Waals surface area contributed by atoms with Gasteiger partial charge in [0.1, 0.15) is 11.3 Å². The van der Waals surface area contributed by atoms with Crippen molar-refractivity contribution in [1.29, 1.82) is 0 Å². The van der Waals surface area contributed by atoms with Gasteiger partial charge in [-0.05, 0) is 43.0 Å². The third kappa shape index (κ3) is 3.02. The van der Waals surface area contributed by atoms with Crippen LogP contribution in [0.2, 0.25) is 5.02 Å². The topological polar surface area (TPSA) is 108 Å². The van der Waals surface area contributed by atoms with Gasteiger partial charge < -0.3 is 15.2 Å². The minimum Gasteiger partial charge on any atom is -0.508 e. The molecule has 1 spiro atoms. The summed E-state index contributed by atoms with van der Waals surface area (Å²) in [5, 5.41) is 16.3. The highest BCUT2D eigenvalue weighted by Gasteiger charge is 2.70. The number of phenols is 1. The van der Waals surface area contributed by atoms with Crippen LogP contribution in [-0.4, -0.2) is 53.0 Å². The Labute approximate surface area is 201 Å². The number of amides is 3. The monoisotopic (exact) mass is 481 g/mol. The van der Waals surface area contributed by atoms with Crippen molar-refractivity contribution in [3.8, 4) is 5.75 Å². The van der Waals surface area contributed by atoms with E-state index in [1.807, 2.05) is 0 Å². The van der Waals surface area contributed by atoms with E-state index >= 15 is 0 Å². The number of hydrogen-bond donors (Lipinski definition) is 3. The van der Waals surface area contributed by atoms with E-state index in [4.69, 9.17) is 16.3 Å². The maximum absolute atomic E-state index is 13.8. The number of para-hydroxylation sites is 1. The molecule has 2 aromatic rings. The molecule has 6 rings (SSSR count). The van der Waals surface area contributed by atoms with Gasteiger partial charge in [-0.1, -0.05) is 35.9 Å². The number of nitrogens with zero attached hydrogens (tertiary/aromatic N) is 1. The maximum atomic E-state index is 13.8. The number of carbonyl (C=O) groups excluding carboxylic acids is 3. The molecule has 4 aliphatic heterocycles. The fourth-order valence-electron chi connectivity index (χ4n) is 6.09. The minimum absolute atomic E-state index is 0.145. The van der Waals surface area contributed by atoms with Crippen LogP contribution < -0.4 is 10.6 Å². The van der Waals surface area contributed by atoms with E-state index in [9.17, 15) is 19.5 Å². The Balaban J connectivity index is 1.43. The van der Waals surface area contributed by atoms with Gasteiger partial charge in [-0.15, -0.1) is 0 Å². The Bertz CT molecular complexity index is 1200. The van der Waals surface area contributed by atoms with Crippen molar-refractivity contribution in [1.82, 2.24) is 10.2 Å². The molecule has 2 aromatic carbocycles. The summed E-state index contributed by atoms with van der Waals surface area (Å²) in [6.07, 6.45) is 1.94. The van der Waals surface area contributed by atoms with E-state index in [1.165, 1.54) is 4.90 Å². The summed E-state index contributed by atoms with van der Waals surface area (Å²) in [7, 11) is 0. The van der Waals surface area contributed by atoms with Gasteiger partial charge in [0.25, 0.3) is 0 Å². The summed E-state index contributed by atoms with van der Waals surface area (Å²) < 4.78 is 5.70. The lowest BCUT2D eigenvalue weighted by Crippen LogP contribution is -2.54. The quantitative estimate of drug-likeness (QED) is 0.578. The molecule has 0 unspecified atom stereocenters. The van der Waals surface area contributed by atoms with Crippen molar-refractivity contribution in [3.05, 3.63) is 58.6 Å². The van der Waals surface area contributed by atoms with Gasteiger partial charge in [0.15, 0.2) is 0 Å². The molecule has 0 radical (unpaired) electrons. The first kappa shape index (κ1) is 21.6. The Morgan fingerprint density at radius 3 is 2.65 bits per heavy atom. The number of benzene rings is 2. The number of carbonyl (C=O) groups is 3. The normalized spacial score (nSPS) is 31.9. The van der Waals surface area contributed by atoms with Crippen molar-refractivity contribution >= 4 is 35.0 Å². The lowest BCUT2D eigenvalue weighted by molar-refractivity contribution is -0.144. The molecule has 4 heterocycles. The van der Waals surface area contributed by atoms with Crippen LogP contribution in [0, 0.1) is 11.8 Å². The number of halogens is 1. The maximum Gasteiger partial charge on any atom is 0.250 e. The molecular weight excluding hydrogens is 458 g/mol. The summed E-state index contributed by atoms with van der Waals surface area (Å²) in [5.41, 5.74) is 0.565. The number of imide groups is 1. The molecule has 3 fully saturated rings. The standard InChI is InChI=1S/C25H24ClN3O5/c26-17-5-1-4-16-21(17)27-24(33)25(16)20-19(18(28-25)11-13-6-8-14(30)9-7-13)22(31)29(23(20)32)12-15-3-2-10-34-15/h1,4-9,15,18-20,28,30H,2-3,10-12H2,(H,27,33)/t15-,18-,19+,20+,25-/m0/s1. The van der Waals surface area contributed by atoms with Crippen LogP contribution in [0.5, 0.6) is 5.75 Å². The highest BCUT2D eigenvalue weighted by atomic mass is 35.5. The van der Waals surface area contributed by atoms with Crippen molar-refractivity contribution in [3.63, 3.8) is 0 Å². The zero-order chi connectivity index (χ0) is 23.6. The summed E-state index contributed by atoms with van der Waals surface area (Å²) in [4.78, 5) is 42.3. The molecule has 0 aliphatic carbocycles. The molecule has 0 saturated carbocycles. The van der Waals surface area contributed by atoms with Crippen LogP contribution in [0.4, 0.5) is 5.69 Å². The lowest BCUT2D eigenvalue weighted by atomic mass is 9.76. The molecule has 5 atom stereocenters. The van der Waals surface area contributed by atoms with Crippen LogP contribution in [0.25, 0.3) is 0 Å². The van der Waals surface area contributed by atoms with Gasteiger partial charge in [0, 0.05) is 18.2 Å². The fraction of sp³-hybridized carbons (Fsp3) is 0.400. The second kappa shape index (κ2) is 7.80.